The number of nitrogens with one attached hydrogen (secondary N) is 1. The van der Waals surface area contributed by atoms with E-state index in [1.165, 1.54) is 44.9 Å². The van der Waals surface area contributed by atoms with Gasteiger partial charge in [-0.05, 0) is 61.1 Å². The first-order valence-corrected chi connectivity index (χ1v) is 10.7. The Kier molecular flexibility index (Phi) is 7.08. The molecule has 0 amide bonds. The second-order valence-electron chi connectivity index (χ2n) is 9.18. The molecule has 0 atom stereocenters. The second kappa shape index (κ2) is 9.58. The minimum atomic E-state index is -0.940. The van der Waals surface area contributed by atoms with Gasteiger partial charge in [0, 0.05) is 24.2 Å². The lowest BCUT2D eigenvalue weighted by Crippen LogP contribution is -2.25. The van der Waals surface area contributed by atoms with Gasteiger partial charge in [-0.3, -0.25) is 9.78 Å². The fourth-order valence-corrected chi connectivity index (χ4v) is 4.24. The van der Waals surface area contributed by atoms with Gasteiger partial charge in [0.2, 0.25) is 5.82 Å². The molecule has 4 nitrogen and oxygen atoms in total. The molecule has 166 valence electrons. The highest BCUT2D eigenvalue weighted by Crippen LogP contribution is 2.42. The standard InChI is InChI=1S/C18H24N2O.C7H6F2O/c1-18(2,3)13-6-4-12(5-7-13)16-10-17(21)14-11-19-9-8-15(14)20-16;1-10-6-4-2-3-5(8)7(6)9/h8-13H,4-7H2,1-3H3,(H,20,21);2-4H,1H3. The average Bonchev–Trinajstić information content (AvgIpc) is 2.75. The van der Waals surface area contributed by atoms with Gasteiger partial charge in [0.05, 0.1) is 18.0 Å². The van der Waals surface area contributed by atoms with Gasteiger partial charge < -0.3 is 9.72 Å². The summed E-state index contributed by atoms with van der Waals surface area (Å²) >= 11 is 0. The number of methoxy groups -OCH3 is 1. The molecule has 1 aromatic carbocycles. The summed E-state index contributed by atoms with van der Waals surface area (Å²) in [6.07, 6.45) is 8.24. The van der Waals surface area contributed by atoms with Crippen molar-refractivity contribution in [3.8, 4) is 5.75 Å². The Morgan fingerprint density at radius 2 is 1.81 bits per heavy atom. The van der Waals surface area contributed by atoms with Crippen molar-refractivity contribution in [3.05, 3.63) is 70.3 Å². The highest BCUT2D eigenvalue weighted by molar-refractivity contribution is 5.77. The molecule has 1 saturated carbocycles. The van der Waals surface area contributed by atoms with Crippen molar-refractivity contribution in [3.63, 3.8) is 0 Å². The van der Waals surface area contributed by atoms with Gasteiger partial charge in [0.15, 0.2) is 17.0 Å². The molecule has 0 saturated heterocycles. The van der Waals surface area contributed by atoms with Crippen molar-refractivity contribution in [2.24, 2.45) is 11.3 Å². The first-order chi connectivity index (χ1) is 14.7. The monoisotopic (exact) mass is 428 g/mol. The largest absolute Gasteiger partial charge is 0.494 e. The van der Waals surface area contributed by atoms with Crippen molar-refractivity contribution in [2.45, 2.75) is 52.4 Å². The maximum atomic E-state index is 12.5. The van der Waals surface area contributed by atoms with Crippen LogP contribution in [0, 0.1) is 23.0 Å². The molecule has 6 heteroatoms. The summed E-state index contributed by atoms with van der Waals surface area (Å²) in [5, 5.41) is 0.685. The summed E-state index contributed by atoms with van der Waals surface area (Å²) in [5.74, 6) is -0.608. The third-order valence-corrected chi connectivity index (χ3v) is 6.18. The van der Waals surface area contributed by atoms with E-state index in [2.05, 4.69) is 35.5 Å². The van der Waals surface area contributed by atoms with Crippen LogP contribution in [-0.2, 0) is 0 Å². The second-order valence-corrected chi connectivity index (χ2v) is 9.18. The van der Waals surface area contributed by atoms with Gasteiger partial charge in [-0.15, -0.1) is 0 Å². The maximum Gasteiger partial charge on any atom is 0.200 e. The molecular formula is C25H30F2N2O2. The minimum Gasteiger partial charge on any atom is -0.494 e. The summed E-state index contributed by atoms with van der Waals surface area (Å²) in [7, 11) is 1.29. The van der Waals surface area contributed by atoms with E-state index in [4.69, 9.17) is 0 Å². The molecule has 31 heavy (non-hydrogen) atoms. The van der Waals surface area contributed by atoms with Crippen LogP contribution in [-0.4, -0.2) is 17.1 Å². The number of aromatic nitrogens is 2. The number of rotatable bonds is 2. The van der Waals surface area contributed by atoms with Crippen molar-refractivity contribution >= 4 is 10.9 Å². The van der Waals surface area contributed by atoms with E-state index in [0.29, 0.717) is 16.7 Å². The first kappa shape index (κ1) is 22.9. The van der Waals surface area contributed by atoms with E-state index >= 15 is 0 Å². The molecule has 2 aromatic heterocycles. The molecule has 1 aliphatic rings. The summed E-state index contributed by atoms with van der Waals surface area (Å²) in [4.78, 5) is 19.7. The van der Waals surface area contributed by atoms with Crippen molar-refractivity contribution in [1.29, 1.82) is 0 Å². The summed E-state index contributed by atoms with van der Waals surface area (Å²) in [6, 6.07) is 7.46. The topological polar surface area (TPSA) is 55.0 Å². The quantitative estimate of drug-likeness (QED) is 0.527. The van der Waals surface area contributed by atoms with Crippen LogP contribution in [0.5, 0.6) is 5.75 Å². The molecule has 1 N–H and O–H groups in total. The van der Waals surface area contributed by atoms with Crippen molar-refractivity contribution < 1.29 is 13.5 Å². The Morgan fingerprint density at radius 3 is 2.42 bits per heavy atom. The normalized spacial score (nSPS) is 18.9. The van der Waals surface area contributed by atoms with Gasteiger partial charge in [0.1, 0.15) is 0 Å². The molecule has 0 aliphatic heterocycles. The number of halogens is 2. The summed E-state index contributed by atoms with van der Waals surface area (Å²) in [5.41, 5.74) is 2.49. The highest BCUT2D eigenvalue weighted by Gasteiger charge is 2.30. The van der Waals surface area contributed by atoms with Gasteiger partial charge in [-0.1, -0.05) is 26.8 Å². The Balaban J connectivity index is 0.000000229. The molecule has 2 heterocycles. The van der Waals surface area contributed by atoms with Crippen LogP contribution in [0.15, 0.2) is 47.5 Å². The number of pyridine rings is 2. The van der Waals surface area contributed by atoms with Crippen LogP contribution in [0.25, 0.3) is 10.9 Å². The van der Waals surface area contributed by atoms with Crippen LogP contribution in [0.4, 0.5) is 8.78 Å². The summed E-state index contributed by atoms with van der Waals surface area (Å²) < 4.78 is 29.3. The lowest BCUT2D eigenvalue weighted by molar-refractivity contribution is 0.168. The van der Waals surface area contributed by atoms with E-state index in [1.54, 1.807) is 18.5 Å². The number of hydrogen-bond donors (Lipinski definition) is 1. The van der Waals surface area contributed by atoms with Crippen molar-refractivity contribution in [2.75, 3.05) is 7.11 Å². The zero-order valence-corrected chi connectivity index (χ0v) is 18.5. The first-order valence-electron chi connectivity index (χ1n) is 10.7. The third-order valence-electron chi connectivity index (χ3n) is 6.18. The molecule has 3 aromatic rings. The smallest absolute Gasteiger partial charge is 0.200 e. The Labute approximate surface area is 181 Å². The third kappa shape index (κ3) is 5.49. The number of aromatic amines is 1. The Morgan fingerprint density at radius 1 is 1.10 bits per heavy atom. The number of benzene rings is 1. The predicted molar refractivity (Wildman–Crippen MR) is 119 cm³/mol. The molecule has 1 fully saturated rings. The number of nitrogens with zero attached hydrogens (tertiary/aromatic N) is 1. The fourth-order valence-electron chi connectivity index (χ4n) is 4.24. The van der Waals surface area contributed by atoms with E-state index < -0.39 is 11.6 Å². The van der Waals surface area contributed by atoms with Gasteiger partial charge >= 0.3 is 0 Å². The Bertz CT molecular complexity index is 1080. The van der Waals surface area contributed by atoms with E-state index in [0.717, 1.165) is 23.2 Å². The van der Waals surface area contributed by atoms with Gasteiger partial charge in [-0.25, -0.2) is 4.39 Å². The van der Waals surface area contributed by atoms with Crippen LogP contribution >= 0.6 is 0 Å². The van der Waals surface area contributed by atoms with Crippen LogP contribution in [0.2, 0.25) is 0 Å². The van der Waals surface area contributed by atoms with Gasteiger partial charge in [-0.2, -0.15) is 4.39 Å². The highest BCUT2D eigenvalue weighted by atomic mass is 19.2. The minimum absolute atomic E-state index is 0.0694. The van der Waals surface area contributed by atoms with Crippen molar-refractivity contribution in [1.82, 2.24) is 9.97 Å². The number of fused-ring (bicyclic) bond motifs is 1. The van der Waals surface area contributed by atoms with Crippen LogP contribution < -0.4 is 10.2 Å². The number of hydrogen-bond acceptors (Lipinski definition) is 3. The molecule has 0 radical (unpaired) electrons. The Hall–Kier alpha value is -2.76. The summed E-state index contributed by atoms with van der Waals surface area (Å²) in [6.45, 7) is 7.01. The lowest BCUT2D eigenvalue weighted by Gasteiger charge is -2.37. The van der Waals surface area contributed by atoms with E-state index in [-0.39, 0.29) is 11.2 Å². The molecule has 0 bridgehead atoms. The molecule has 0 spiro atoms. The SMILES string of the molecule is CC(C)(C)C1CCC(c2cc(=O)c3cnccc3[nH]2)CC1.COc1cccc(F)c1F. The zero-order valence-electron chi connectivity index (χ0n) is 18.5. The van der Waals surface area contributed by atoms with E-state index in [9.17, 15) is 13.6 Å². The lowest BCUT2D eigenvalue weighted by atomic mass is 9.69. The fraction of sp³-hybridized carbons (Fsp3) is 0.440. The number of ether oxygens (including phenoxy) is 1. The van der Waals surface area contributed by atoms with Crippen LogP contribution in [0.1, 0.15) is 58.1 Å². The maximum absolute atomic E-state index is 12.5. The molecule has 1 aliphatic carbocycles. The average molecular weight is 429 g/mol. The van der Waals surface area contributed by atoms with Crippen LogP contribution in [0.3, 0.4) is 0 Å². The molecule has 4 rings (SSSR count). The van der Waals surface area contributed by atoms with Gasteiger partial charge in [0.25, 0.3) is 0 Å². The van der Waals surface area contributed by atoms with E-state index in [1.807, 2.05) is 6.07 Å². The number of H-pyrrole nitrogens is 1. The zero-order chi connectivity index (χ0) is 22.6. The predicted octanol–water partition coefficient (Wildman–Crippen LogP) is 6.22. The molecular weight excluding hydrogens is 398 g/mol. The molecule has 0 unspecified atom stereocenters.